The van der Waals surface area contributed by atoms with Gasteiger partial charge in [0.05, 0.1) is 12.1 Å². The number of hydrogen-bond donors (Lipinski definition) is 1. The molecule has 3 heterocycles. The summed E-state index contributed by atoms with van der Waals surface area (Å²) in [5.74, 6) is 0.284. The maximum Gasteiger partial charge on any atom is 0.240 e. The summed E-state index contributed by atoms with van der Waals surface area (Å²) in [5, 5.41) is 3.30. The van der Waals surface area contributed by atoms with Crippen molar-refractivity contribution in [2.24, 2.45) is 0 Å². The average Bonchev–Trinajstić information content (AvgIpc) is 3.10. The van der Waals surface area contributed by atoms with Crippen molar-refractivity contribution in [3.63, 3.8) is 0 Å². The van der Waals surface area contributed by atoms with Crippen LogP contribution in [-0.2, 0) is 4.79 Å². The van der Waals surface area contributed by atoms with E-state index in [1.54, 1.807) is 0 Å². The van der Waals surface area contributed by atoms with Gasteiger partial charge in [0.1, 0.15) is 0 Å². The number of carbonyl (C=O) groups is 1. The number of nitrogens with one attached hydrogen (secondary N) is 1. The highest BCUT2D eigenvalue weighted by Gasteiger charge is 2.34. The van der Waals surface area contributed by atoms with Crippen LogP contribution in [0.25, 0.3) is 0 Å². The van der Waals surface area contributed by atoms with Crippen molar-refractivity contribution in [2.75, 3.05) is 13.1 Å². The number of pyridine rings is 1. The summed E-state index contributed by atoms with van der Waals surface area (Å²) < 4.78 is 0. The van der Waals surface area contributed by atoms with Gasteiger partial charge in [0, 0.05) is 18.9 Å². The van der Waals surface area contributed by atoms with Crippen molar-refractivity contribution >= 4 is 5.91 Å². The summed E-state index contributed by atoms with van der Waals surface area (Å²) in [5.41, 5.74) is 1.22. The lowest BCUT2D eigenvalue weighted by molar-refractivity contribution is -0.134. The Morgan fingerprint density at radius 3 is 2.83 bits per heavy atom. The molecule has 1 aromatic rings. The number of likely N-dealkylation sites (tertiary alicyclic amines) is 1. The molecule has 4 nitrogen and oxygen atoms in total. The van der Waals surface area contributed by atoms with E-state index >= 15 is 0 Å². The molecule has 1 amide bonds. The molecular weight excluding hydrogens is 226 g/mol. The fraction of sp³-hybridized carbons (Fsp3) is 0.571. The molecule has 2 aliphatic rings. The van der Waals surface area contributed by atoms with E-state index in [0.717, 1.165) is 38.8 Å². The van der Waals surface area contributed by atoms with Crippen LogP contribution in [0.15, 0.2) is 24.5 Å². The van der Waals surface area contributed by atoms with Crippen LogP contribution in [0, 0.1) is 0 Å². The quantitative estimate of drug-likeness (QED) is 0.858. The van der Waals surface area contributed by atoms with Crippen LogP contribution in [0.1, 0.15) is 37.3 Å². The smallest absolute Gasteiger partial charge is 0.240 e. The van der Waals surface area contributed by atoms with E-state index in [2.05, 4.69) is 15.2 Å². The second-order valence-electron chi connectivity index (χ2n) is 5.12. The molecule has 96 valence electrons. The Labute approximate surface area is 107 Å². The Kier molecular flexibility index (Phi) is 3.28. The maximum atomic E-state index is 12.5. The molecule has 0 spiro atoms. The Bertz CT molecular complexity index is 414. The van der Waals surface area contributed by atoms with Crippen molar-refractivity contribution in [1.29, 1.82) is 0 Å². The Balaban J connectivity index is 1.77. The van der Waals surface area contributed by atoms with Crippen LogP contribution in [0.3, 0.4) is 0 Å². The molecule has 0 radical (unpaired) electrons. The van der Waals surface area contributed by atoms with E-state index in [0.29, 0.717) is 0 Å². The molecule has 0 aliphatic carbocycles. The van der Waals surface area contributed by atoms with Gasteiger partial charge in [0.2, 0.25) is 5.91 Å². The average molecular weight is 245 g/mol. The molecule has 0 saturated carbocycles. The van der Waals surface area contributed by atoms with Gasteiger partial charge >= 0.3 is 0 Å². The first-order valence-corrected chi connectivity index (χ1v) is 6.80. The normalized spacial score (nSPS) is 27.7. The lowest BCUT2D eigenvalue weighted by Crippen LogP contribution is -2.43. The zero-order valence-electron chi connectivity index (χ0n) is 10.5. The molecule has 2 saturated heterocycles. The summed E-state index contributed by atoms with van der Waals surface area (Å²) in [6, 6.07) is 4.35. The molecular formula is C14H19N3O. The van der Waals surface area contributed by atoms with Gasteiger partial charge in [-0.05, 0) is 49.9 Å². The predicted octanol–water partition coefficient (Wildman–Crippen LogP) is 1.50. The first kappa shape index (κ1) is 11.7. The van der Waals surface area contributed by atoms with Crippen LogP contribution in [-0.4, -0.2) is 34.9 Å². The second kappa shape index (κ2) is 5.06. The van der Waals surface area contributed by atoms with E-state index in [1.165, 1.54) is 5.56 Å². The van der Waals surface area contributed by atoms with Crippen LogP contribution < -0.4 is 5.32 Å². The van der Waals surface area contributed by atoms with E-state index in [-0.39, 0.29) is 18.0 Å². The summed E-state index contributed by atoms with van der Waals surface area (Å²) in [6.07, 6.45) is 7.89. The topological polar surface area (TPSA) is 45.2 Å². The molecule has 2 atom stereocenters. The van der Waals surface area contributed by atoms with Crippen molar-refractivity contribution < 1.29 is 4.79 Å². The Morgan fingerprint density at radius 2 is 2.11 bits per heavy atom. The van der Waals surface area contributed by atoms with Gasteiger partial charge < -0.3 is 10.2 Å². The molecule has 3 rings (SSSR count). The minimum Gasteiger partial charge on any atom is -0.334 e. The van der Waals surface area contributed by atoms with E-state index < -0.39 is 0 Å². The summed E-state index contributed by atoms with van der Waals surface area (Å²) >= 11 is 0. The van der Waals surface area contributed by atoms with Crippen molar-refractivity contribution in [3.05, 3.63) is 30.1 Å². The van der Waals surface area contributed by atoms with Crippen molar-refractivity contribution in [3.8, 4) is 0 Å². The van der Waals surface area contributed by atoms with Gasteiger partial charge in [0.15, 0.2) is 0 Å². The lowest BCUT2D eigenvalue weighted by atomic mass is 10.1. The number of carbonyl (C=O) groups excluding carboxylic acids is 1. The van der Waals surface area contributed by atoms with Gasteiger partial charge in [-0.3, -0.25) is 9.78 Å². The van der Waals surface area contributed by atoms with Crippen molar-refractivity contribution in [2.45, 2.75) is 37.8 Å². The summed E-state index contributed by atoms with van der Waals surface area (Å²) in [6.45, 7) is 1.87. The second-order valence-corrected chi connectivity index (χ2v) is 5.12. The van der Waals surface area contributed by atoms with Crippen LogP contribution >= 0.6 is 0 Å². The van der Waals surface area contributed by atoms with E-state index in [9.17, 15) is 4.79 Å². The van der Waals surface area contributed by atoms with Gasteiger partial charge in [-0.2, -0.15) is 0 Å². The van der Waals surface area contributed by atoms with E-state index in [4.69, 9.17) is 0 Å². The standard InChI is InChI=1S/C14H19N3O/c18-14(12-3-1-7-16-12)17-10-2-4-13(17)11-5-8-15-9-6-11/h5-6,8-9,12-13,16H,1-4,7,10H2/t12-,13?/m1/s1. The highest BCUT2D eigenvalue weighted by atomic mass is 16.2. The third kappa shape index (κ3) is 2.12. The fourth-order valence-corrected chi connectivity index (χ4v) is 3.06. The van der Waals surface area contributed by atoms with Crippen LogP contribution in [0.4, 0.5) is 0 Å². The monoisotopic (exact) mass is 245 g/mol. The minimum absolute atomic E-state index is 0.0486. The third-order valence-corrected chi connectivity index (χ3v) is 3.99. The number of amides is 1. The molecule has 0 bridgehead atoms. The van der Waals surface area contributed by atoms with Crippen molar-refractivity contribution in [1.82, 2.24) is 15.2 Å². The molecule has 4 heteroatoms. The predicted molar refractivity (Wildman–Crippen MR) is 68.9 cm³/mol. The largest absolute Gasteiger partial charge is 0.334 e. The summed E-state index contributed by atoms with van der Waals surface area (Å²) in [4.78, 5) is 18.6. The highest BCUT2D eigenvalue weighted by Crippen LogP contribution is 2.32. The lowest BCUT2D eigenvalue weighted by Gasteiger charge is -2.27. The van der Waals surface area contributed by atoms with Gasteiger partial charge in [0.25, 0.3) is 0 Å². The molecule has 2 fully saturated rings. The maximum absolute atomic E-state index is 12.5. The first-order chi connectivity index (χ1) is 8.86. The molecule has 1 N–H and O–H groups in total. The number of rotatable bonds is 2. The highest BCUT2D eigenvalue weighted by molar-refractivity contribution is 5.82. The third-order valence-electron chi connectivity index (χ3n) is 3.99. The Hall–Kier alpha value is -1.42. The summed E-state index contributed by atoms with van der Waals surface area (Å²) in [7, 11) is 0. The fourth-order valence-electron chi connectivity index (χ4n) is 3.06. The Morgan fingerprint density at radius 1 is 1.28 bits per heavy atom. The number of hydrogen-bond acceptors (Lipinski definition) is 3. The minimum atomic E-state index is 0.0486. The van der Waals surface area contributed by atoms with Gasteiger partial charge in [-0.25, -0.2) is 0 Å². The molecule has 1 unspecified atom stereocenters. The molecule has 2 aliphatic heterocycles. The van der Waals surface area contributed by atoms with Gasteiger partial charge in [-0.15, -0.1) is 0 Å². The zero-order valence-corrected chi connectivity index (χ0v) is 10.5. The molecule has 1 aromatic heterocycles. The van der Waals surface area contributed by atoms with Gasteiger partial charge in [-0.1, -0.05) is 0 Å². The zero-order chi connectivity index (χ0) is 12.4. The van der Waals surface area contributed by atoms with E-state index in [1.807, 2.05) is 24.5 Å². The number of aromatic nitrogens is 1. The first-order valence-electron chi connectivity index (χ1n) is 6.80. The molecule has 18 heavy (non-hydrogen) atoms. The SMILES string of the molecule is O=C([C@H]1CCCN1)N1CCCC1c1ccncc1. The molecule has 0 aromatic carbocycles. The van der Waals surface area contributed by atoms with Crippen LogP contribution in [0.2, 0.25) is 0 Å². The van der Waals surface area contributed by atoms with Crippen LogP contribution in [0.5, 0.6) is 0 Å². The number of nitrogens with zero attached hydrogens (tertiary/aromatic N) is 2.